The molecule has 0 aromatic heterocycles. The van der Waals surface area contributed by atoms with E-state index in [1.54, 1.807) is 6.07 Å². The van der Waals surface area contributed by atoms with Crippen molar-refractivity contribution in [3.8, 4) is 11.5 Å². The standard InChI is InChI=1S/C12H14ClNO3/c13-5-1-2-6-16-10-3-4-11-9(7-10)8-12(15)14-17-11/h3-4,7H,1-2,5-6,8H2,(H,14,15). The number of hydrogen-bond acceptors (Lipinski definition) is 3. The van der Waals surface area contributed by atoms with Gasteiger partial charge in [-0.3, -0.25) is 4.79 Å². The van der Waals surface area contributed by atoms with Gasteiger partial charge < -0.3 is 9.57 Å². The van der Waals surface area contributed by atoms with E-state index in [9.17, 15) is 4.79 Å². The molecule has 0 fully saturated rings. The first kappa shape index (κ1) is 12.0. The van der Waals surface area contributed by atoms with Crippen molar-refractivity contribution in [1.82, 2.24) is 5.48 Å². The molecule has 0 bridgehead atoms. The van der Waals surface area contributed by atoms with Crippen molar-refractivity contribution in [2.24, 2.45) is 0 Å². The zero-order chi connectivity index (χ0) is 12.1. The third kappa shape index (κ3) is 3.27. The molecule has 92 valence electrons. The number of fused-ring (bicyclic) bond motifs is 1. The molecule has 0 spiro atoms. The molecule has 0 radical (unpaired) electrons. The molecule has 17 heavy (non-hydrogen) atoms. The first-order chi connectivity index (χ1) is 8.29. The van der Waals surface area contributed by atoms with Gasteiger partial charge in [-0.05, 0) is 31.0 Å². The number of carbonyl (C=O) groups is 1. The van der Waals surface area contributed by atoms with E-state index in [0.29, 0.717) is 24.7 Å². The molecule has 0 saturated heterocycles. The van der Waals surface area contributed by atoms with Gasteiger partial charge in [-0.1, -0.05) is 0 Å². The zero-order valence-corrected chi connectivity index (χ0v) is 10.1. The van der Waals surface area contributed by atoms with E-state index in [1.165, 1.54) is 0 Å². The van der Waals surface area contributed by atoms with Crippen LogP contribution in [0.2, 0.25) is 0 Å². The Morgan fingerprint density at radius 2 is 2.29 bits per heavy atom. The van der Waals surface area contributed by atoms with E-state index in [0.717, 1.165) is 24.2 Å². The van der Waals surface area contributed by atoms with Crippen molar-refractivity contribution in [1.29, 1.82) is 0 Å². The van der Waals surface area contributed by atoms with Crippen LogP contribution in [0.1, 0.15) is 18.4 Å². The number of benzene rings is 1. The predicted octanol–water partition coefficient (Wildman–Crippen LogP) is 2.05. The summed E-state index contributed by atoms with van der Waals surface area (Å²) in [6.45, 7) is 0.637. The van der Waals surface area contributed by atoms with Gasteiger partial charge in [-0.2, -0.15) is 5.48 Å². The van der Waals surface area contributed by atoms with Gasteiger partial charge in [-0.15, -0.1) is 11.6 Å². The van der Waals surface area contributed by atoms with Crippen molar-refractivity contribution >= 4 is 17.5 Å². The summed E-state index contributed by atoms with van der Waals surface area (Å²) >= 11 is 5.58. The van der Waals surface area contributed by atoms with E-state index in [2.05, 4.69) is 5.48 Å². The molecule has 2 rings (SSSR count). The number of carbonyl (C=O) groups excluding carboxylic acids is 1. The van der Waals surface area contributed by atoms with Crippen LogP contribution >= 0.6 is 11.6 Å². The van der Waals surface area contributed by atoms with Crippen LogP contribution in [0, 0.1) is 0 Å². The molecule has 0 saturated carbocycles. The van der Waals surface area contributed by atoms with Crippen LogP contribution < -0.4 is 15.1 Å². The van der Waals surface area contributed by atoms with E-state index in [-0.39, 0.29) is 5.91 Å². The van der Waals surface area contributed by atoms with Gasteiger partial charge >= 0.3 is 0 Å². The third-order valence-electron chi connectivity index (χ3n) is 2.45. The van der Waals surface area contributed by atoms with Gasteiger partial charge in [0.2, 0.25) is 0 Å². The first-order valence-corrected chi connectivity index (χ1v) is 6.10. The van der Waals surface area contributed by atoms with Crippen molar-refractivity contribution in [2.75, 3.05) is 12.5 Å². The minimum Gasteiger partial charge on any atom is -0.494 e. The molecular formula is C12H14ClNO3. The van der Waals surface area contributed by atoms with Crippen LogP contribution in [0.15, 0.2) is 18.2 Å². The molecule has 0 atom stereocenters. The van der Waals surface area contributed by atoms with E-state index in [4.69, 9.17) is 21.2 Å². The highest BCUT2D eigenvalue weighted by Crippen LogP contribution is 2.26. The number of hydroxylamine groups is 1. The Kier molecular flexibility index (Phi) is 4.09. The molecule has 1 N–H and O–H groups in total. The first-order valence-electron chi connectivity index (χ1n) is 5.57. The van der Waals surface area contributed by atoms with Gasteiger partial charge in [0.1, 0.15) is 5.75 Å². The van der Waals surface area contributed by atoms with Crippen LogP contribution in [0.4, 0.5) is 0 Å². The number of ether oxygens (including phenoxy) is 1. The molecular weight excluding hydrogens is 242 g/mol. The lowest BCUT2D eigenvalue weighted by molar-refractivity contribution is -0.128. The van der Waals surface area contributed by atoms with Crippen LogP contribution in [0.5, 0.6) is 11.5 Å². The monoisotopic (exact) mass is 255 g/mol. The number of nitrogens with one attached hydrogen (secondary N) is 1. The Balaban J connectivity index is 1.95. The Bertz CT molecular complexity index is 409. The van der Waals surface area contributed by atoms with Gasteiger partial charge in [0, 0.05) is 11.4 Å². The topological polar surface area (TPSA) is 47.6 Å². The highest BCUT2D eigenvalue weighted by Gasteiger charge is 2.16. The molecule has 0 aliphatic carbocycles. The number of alkyl halides is 1. The lowest BCUT2D eigenvalue weighted by Crippen LogP contribution is -2.33. The maximum atomic E-state index is 11.1. The van der Waals surface area contributed by atoms with Crippen LogP contribution in [0.25, 0.3) is 0 Å². The largest absolute Gasteiger partial charge is 0.494 e. The predicted molar refractivity (Wildman–Crippen MR) is 64.4 cm³/mol. The van der Waals surface area contributed by atoms with Crippen LogP contribution in [0.3, 0.4) is 0 Å². The van der Waals surface area contributed by atoms with Gasteiger partial charge in [-0.25, -0.2) is 0 Å². The fourth-order valence-electron chi connectivity index (χ4n) is 1.59. The second-order valence-corrected chi connectivity index (χ2v) is 4.20. The maximum Gasteiger partial charge on any atom is 0.257 e. The normalized spacial score (nSPS) is 13.6. The summed E-state index contributed by atoms with van der Waals surface area (Å²) in [5.41, 5.74) is 3.17. The van der Waals surface area contributed by atoms with Gasteiger partial charge in [0.05, 0.1) is 13.0 Å². The highest BCUT2D eigenvalue weighted by molar-refractivity contribution is 6.17. The summed E-state index contributed by atoms with van der Waals surface area (Å²) in [7, 11) is 0. The fourth-order valence-corrected chi connectivity index (χ4v) is 1.78. The Morgan fingerprint density at radius 3 is 3.12 bits per heavy atom. The van der Waals surface area contributed by atoms with E-state index >= 15 is 0 Å². The van der Waals surface area contributed by atoms with Crippen molar-refractivity contribution in [3.63, 3.8) is 0 Å². The average molecular weight is 256 g/mol. The van der Waals surface area contributed by atoms with Crippen LogP contribution in [-0.2, 0) is 11.2 Å². The summed E-state index contributed by atoms with van der Waals surface area (Å²) in [5, 5.41) is 0. The van der Waals surface area contributed by atoms with Crippen LogP contribution in [-0.4, -0.2) is 18.4 Å². The Hall–Kier alpha value is -1.42. The Labute approximate surface area is 105 Å². The molecule has 1 aliphatic heterocycles. The SMILES string of the molecule is O=C1Cc2cc(OCCCCCl)ccc2ON1. The quantitative estimate of drug-likeness (QED) is 0.647. The molecule has 1 aromatic carbocycles. The molecule has 1 heterocycles. The van der Waals surface area contributed by atoms with Gasteiger partial charge in [0.15, 0.2) is 5.75 Å². The lowest BCUT2D eigenvalue weighted by Gasteiger charge is -2.17. The summed E-state index contributed by atoms with van der Waals surface area (Å²) in [6, 6.07) is 5.47. The summed E-state index contributed by atoms with van der Waals surface area (Å²) in [5.74, 6) is 1.95. The maximum absolute atomic E-state index is 11.1. The smallest absolute Gasteiger partial charge is 0.257 e. The number of unbranched alkanes of at least 4 members (excludes halogenated alkanes) is 1. The number of halogens is 1. The summed E-state index contributed by atoms with van der Waals surface area (Å²) < 4.78 is 5.56. The number of rotatable bonds is 5. The lowest BCUT2D eigenvalue weighted by atomic mass is 10.1. The average Bonchev–Trinajstić information content (AvgIpc) is 2.34. The van der Waals surface area contributed by atoms with Crippen molar-refractivity contribution in [2.45, 2.75) is 19.3 Å². The molecule has 0 unspecified atom stereocenters. The third-order valence-corrected chi connectivity index (χ3v) is 2.72. The minimum absolute atomic E-state index is 0.142. The zero-order valence-electron chi connectivity index (χ0n) is 9.37. The molecule has 1 aromatic rings. The van der Waals surface area contributed by atoms with E-state index in [1.807, 2.05) is 12.1 Å². The molecule has 4 nitrogen and oxygen atoms in total. The fraction of sp³-hybridized carbons (Fsp3) is 0.417. The molecule has 5 heteroatoms. The van der Waals surface area contributed by atoms with Crippen molar-refractivity contribution in [3.05, 3.63) is 23.8 Å². The number of amides is 1. The van der Waals surface area contributed by atoms with Gasteiger partial charge in [0.25, 0.3) is 5.91 Å². The molecule has 1 amide bonds. The second kappa shape index (κ2) is 5.77. The number of hydrogen-bond donors (Lipinski definition) is 1. The second-order valence-electron chi connectivity index (χ2n) is 3.82. The minimum atomic E-state index is -0.142. The molecule has 1 aliphatic rings. The summed E-state index contributed by atoms with van der Waals surface area (Å²) in [6.07, 6.45) is 2.20. The van der Waals surface area contributed by atoms with Crippen molar-refractivity contribution < 1.29 is 14.4 Å². The van der Waals surface area contributed by atoms with E-state index < -0.39 is 0 Å². The summed E-state index contributed by atoms with van der Waals surface area (Å²) in [4.78, 5) is 16.2. The highest BCUT2D eigenvalue weighted by atomic mass is 35.5. The Morgan fingerprint density at radius 1 is 1.41 bits per heavy atom.